The molecule has 3 nitrogen and oxygen atoms in total. The Hall–Kier alpha value is -1.61. The molecule has 3 heteroatoms. The van der Waals surface area contributed by atoms with Crippen molar-refractivity contribution in [1.29, 1.82) is 0 Å². The zero-order valence-corrected chi connectivity index (χ0v) is 13.2. The van der Waals surface area contributed by atoms with Crippen molar-refractivity contribution in [3.63, 3.8) is 0 Å². The molecule has 0 atom stereocenters. The van der Waals surface area contributed by atoms with E-state index in [1.54, 1.807) is 0 Å². The minimum absolute atomic E-state index is 0.118. The van der Waals surface area contributed by atoms with Crippen LogP contribution in [-0.4, -0.2) is 15.1 Å². The Morgan fingerprint density at radius 1 is 1.10 bits per heavy atom. The van der Waals surface area contributed by atoms with Gasteiger partial charge in [-0.3, -0.25) is 0 Å². The molecule has 0 amide bonds. The zero-order chi connectivity index (χ0) is 14.8. The second-order valence-corrected chi connectivity index (χ2v) is 6.47. The summed E-state index contributed by atoms with van der Waals surface area (Å²) in [5.41, 5.74) is 3.96. The first kappa shape index (κ1) is 14.8. The Morgan fingerprint density at radius 3 is 2.35 bits per heavy atom. The molecule has 2 aromatic rings. The zero-order valence-electron chi connectivity index (χ0n) is 13.2. The minimum atomic E-state index is 0.118. The fourth-order valence-corrected chi connectivity index (χ4v) is 2.10. The standard InChI is InChI=1S/C17H25N3/c1-13-6-8-15(9-7-13)12-20-14(2)18-10-16(20)11-19-17(3,4)5/h6-10,19H,11-12H2,1-5H3. The summed E-state index contributed by atoms with van der Waals surface area (Å²) in [5.74, 6) is 1.07. The fraction of sp³-hybridized carbons (Fsp3) is 0.471. The first-order chi connectivity index (χ1) is 9.35. The molecule has 0 unspecified atom stereocenters. The number of rotatable bonds is 4. The molecular formula is C17H25N3. The average Bonchev–Trinajstić information content (AvgIpc) is 2.70. The molecule has 1 aromatic carbocycles. The number of aryl methyl sites for hydroxylation is 2. The fourth-order valence-electron chi connectivity index (χ4n) is 2.10. The van der Waals surface area contributed by atoms with Crippen LogP contribution in [0, 0.1) is 13.8 Å². The third kappa shape index (κ3) is 3.94. The van der Waals surface area contributed by atoms with Crippen LogP contribution in [0.5, 0.6) is 0 Å². The molecule has 0 radical (unpaired) electrons. The molecule has 0 saturated carbocycles. The van der Waals surface area contributed by atoms with E-state index < -0.39 is 0 Å². The van der Waals surface area contributed by atoms with Crippen LogP contribution < -0.4 is 5.32 Å². The largest absolute Gasteiger partial charge is 0.327 e. The SMILES string of the molecule is Cc1ccc(Cn2c(CNC(C)(C)C)cnc2C)cc1. The smallest absolute Gasteiger partial charge is 0.106 e. The number of nitrogens with zero attached hydrogens (tertiary/aromatic N) is 2. The van der Waals surface area contributed by atoms with Crippen molar-refractivity contribution in [3.8, 4) is 0 Å². The van der Waals surface area contributed by atoms with Crippen molar-refractivity contribution in [1.82, 2.24) is 14.9 Å². The molecule has 2 rings (SSSR count). The van der Waals surface area contributed by atoms with Gasteiger partial charge in [0.1, 0.15) is 5.82 Å². The first-order valence-electron chi connectivity index (χ1n) is 7.17. The normalized spacial score (nSPS) is 11.8. The van der Waals surface area contributed by atoms with Crippen molar-refractivity contribution >= 4 is 0 Å². The molecular weight excluding hydrogens is 246 g/mol. The third-order valence-electron chi connectivity index (χ3n) is 3.40. The number of benzene rings is 1. The number of hydrogen-bond donors (Lipinski definition) is 1. The molecule has 0 aliphatic heterocycles. The predicted molar refractivity (Wildman–Crippen MR) is 83.8 cm³/mol. The average molecular weight is 271 g/mol. The minimum Gasteiger partial charge on any atom is -0.327 e. The van der Waals surface area contributed by atoms with Crippen molar-refractivity contribution in [2.24, 2.45) is 0 Å². The summed E-state index contributed by atoms with van der Waals surface area (Å²) in [5, 5.41) is 3.53. The van der Waals surface area contributed by atoms with Gasteiger partial charge >= 0.3 is 0 Å². The molecule has 0 spiro atoms. The number of hydrogen-bond acceptors (Lipinski definition) is 2. The van der Waals surface area contributed by atoms with E-state index in [1.807, 2.05) is 6.20 Å². The van der Waals surface area contributed by atoms with E-state index in [0.717, 1.165) is 18.9 Å². The summed E-state index contributed by atoms with van der Waals surface area (Å²) in [6, 6.07) is 8.70. The number of imidazole rings is 1. The van der Waals surface area contributed by atoms with E-state index in [-0.39, 0.29) is 5.54 Å². The van der Waals surface area contributed by atoms with Gasteiger partial charge in [-0.15, -0.1) is 0 Å². The highest BCUT2D eigenvalue weighted by atomic mass is 15.1. The van der Waals surface area contributed by atoms with Crippen LogP contribution in [0.3, 0.4) is 0 Å². The van der Waals surface area contributed by atoms with Crippen LogP contribution >= 0.6 is 0 Å². The van der Waals surface area contributed by atoms with Crippen LogP contribution in [-0.2, 0) is 13.1 Å². The molecule has 108 valence electrons. The molecule has 0 fully saturated rings. The van der Waals surface area contributed by atoms with Crippen LogP contribution in [0.15, 0.2) is 30.5 Å². The van der Waals surface area contributed by atoms with Gasteiger partial charge in [-0.05, 0) is 40.2 Å². The topological polar surface area (TPSA) is 29.9 Å². The van der Waals surface area contributed by atoms with Gasteiger partial charge in [0.15, 0.2) is 0 Å². The summed E-state index contributed by atoms with van der Waals surface area (Å²) in [7, 11) is 0. The summed E-state index contributed by atoms with van der Waals surface area (Å²) in [4.78, 5) is 4.45. The van der Waals surface area contributed by atoms with E-state index in [9.17, 15) is 0 Å². The Bertz CT molecular complexity index is 559. The van der Waals surface area contributed by atoms with Gasteiger partial charge in [0, 0.05) is 24.8 Å². The van der Waals surface area contributed by atoms with Crippen molar-refractivity contribution in [2.45, 2.75) is 53.2 Å². The molecule has 1 aromatic heterocycles. The predicted octanol–water partition coefficient (Wildman–Crippen LogP) is 3.44. The highest BCUT2D eigenvalue weighted by Crippen LogP contribution is 2.12. The maximum absolute atomic E-state index is 4.45. The van der Waals surface area contributed by atoms with Gasteiger partial charge in [0.2, 0.25) is 0 Å². The summed E-state index contributed by atoms with van der Waals surface area (Å²) in [6.45, 7) is 12.4. The lowest BCUT2D eigenvalue weighted by atomic mass is 10.1. The molecule has 20 heavy (non-hydrogen) atoms. The van der Waals surface area contributed by atoms with Gasteiger partial charge in [0.25, 0.3) is 0 Å². The van der Waals surface area contributed by atoms with E-state index in [0.29, 0.717) is 0 Å². The lowest BCUT2D eigenvalue weighted by Gasteiger charge is -2.21. The second-order valence-electron chi connectivity index (χ2n) is 6.47. The van der Waals surface area contributed by atoms with Crippen molar-refractivity contribution < 1.29 is 0 Å². The maximum atomic E-state index is 4.45. The Kier molecular flexibility index (Phi) is 4.29. The van der Waals surface area contributed by atoms with Gasteiger partial charge in [-0.25, -0.2) is 4.98 Å². The van der Waals surface area contributed by atoms with Crippen LogP contribution in [0.25, 0.3) is 0 Å². The summed E-state index contributed by atoms with van der Waals surface area (Å²) in [6.07, 6.45) is 1.97. The van der Waals surface area contributed by atoms with E-state index in [1.165, 1.54) is 16.8 Å². The van der Waals surface area contributed by atoms with Gasteiger partial charge in [-0.2, -0.15) is 0 Å². The van der Waals surface area contributed by atoms with E-state index >= 15 is 0 Å². The monoisotopic (exact) mass is 271 g/mol. The molecule has 0 bridgehead atoms. The van der Waals surface area contributed by atoms with E-state index in [2.05, 4.69) is 73.8 Å². The Morgan fingerprint density at radius 2 is 1.75 bits per heavy atom. The van der Waals surface area contributed by atoms with Crippen molar-refractivity contribution in [2.75, 3.05) is 0 Å². The Labute approximate surface area is 122 Å². The number of nitrogens with one attached hydrogen (secondary N) is 1. The number of aromatic nitrogens is 2. The van der Waals surface area contributed by atoms with Gasteiger partial charge in [-0.1, -0.05) is 29.8 Å². The van der Waals surface area contributed by atoms with Crippen molar-refractivity contribution in [3.05, 3.63) is 53.1 Å². The van der Waals surface area contributed by atoms with Crippen LogP contribution in [0.1, 0.15) is 43.4 Å². The molecule has 0 aliphatic rings. The quantitative estimate of drug-likeness (QED) is 0.923. The van der Waals surface area contributed by atoms with Crippen LogP contribution in [0.2, 0.25) is 0 Å². The molecule has 1 heterocycles. The second kappa shape index (κ2) is 5.80. The lowest BCUT2D eigenvalue weighted by Crippen LogP contribution is -2.35. The highest BCUT2D eigenvalue weighted by molar-refractivity contribution is 5.22. The van der Waals surface area contributed by atoms with Crippen LogP contribution in [0.4, 0.5) is 0 Å². The third-order valence-corrected chi connectivity index (χ3v) is 3.40. The highest BCUT2D eigenvalue weighted by Gasteiger charge is 2.12. The molecule has 0 aliphatic carbocycles. The maximum Gasteiger partial charge on any atom is 0.106 e. The van der Waals surface area contributed by atoms with Gasteiger partial charge < -0.3 is 9.88 Å². The van der Waals surface area contributed by atoms with Gasteiger partial charge in [0.05, 0.1) is 5.69 Å². The van der Waals surface area contributed by atoms with E-state index in [4.69, 9.17) is 0 Å². The summed E-state index contributed by atoms with van der Waals surface area (Å²) < 4.78 is 2.28. The lowest BCUT2D eigenvalue weighted by molar-refractivity contribution is 0.416. The molecule has 1 N–H and O–H groups in total. The Balaban J connectivity index is 2.14. The first-order valence-corrected chi connectivity index (χ1v) is 7.17. The molecule has 0 saturated heterocycles. The summed E-state index contributed by atoms with van der Waals surface area (Å²) >= 11 is 0.